The normalized spacial score (nSPS) is 18.3. The third kappa shape index (κ3) is 4.00. The number of nitrogens with zero attached hydrogens (tertiary/aromatic N) is 2. The smallest absolute Gasteiger partial charge is 0.253 e. The van der Waals surface area contributed by atoms with Crippen LogP contribution < -0.4 is 0 Å². The zero-order chi connectivity index (χ0) is 16.9. The van der Waals surface area contributed by atoms with Crippen LogP contribution in [0.1, 0.15) is 27.5 Å². The second kappa shape index (κ2) is 7.86. The van der Waals surface area contributed by atoms with Crippen molar-refractivity contribution >= 4 is 17.7 Å². The first-order chi connectivity index (χ1) is 11.6. The van der Waals surface area contributed by atoms with Gasteiger partial charge >= 0.3 is 0 Å². The van der Waals surface area contributed by atoms with E-state index in [9.17, 15) is 4.79 Å². The van der Waals surface area contributed by atoms with Gasteiger partial charge in [0.2, 0.25) is 0 Å². The van der Waals surface area contributed by atoms with Crippen molar-refractivity contribution in [2.24, 2.45) is 0 Å². The Balaban J connectivity index is 1.78. The molecule has 1 aliphatic rings. The van der Waals surface area contributed by atoms with Gasteiger partial charge in [0, 0.05) is 50.3 Å². The molecule has 1 atom stereocenters. The Morgan fingerprint density at radius 2 is 1.96 bits per heavy atom. The Morgan fingerprint density at radius 3 is 2.71 bits per heavy atom. The third-order valence-electron chi connectivity index (χ3n) is 4.39. The summed E-state index contributed by atoms with van der Waals surface area (Å²) in [6, 6.07) is 19.2. The quantitative estimate of drug-likeness (QED) is 0.848. The molecule has 1 aliphatic heterocycles. The molecule has 0 aliphatic carbocycles. The van der Waals surface area contributed by atoms with Gasteiger partial charge in [0.05, 0.1) is 0 Å². The van der Waals surface area contributed by atoms with E-state index >= 15 is 0 Å². The van der Waals surface area contributed by atoms with E-state index in [-0.39, 0.29) is 5.91 Å². The zero-order valence-corrected chi connectivity index (χ0v) is 15.1. The van der Waals surface area contributed by atoms with E-state index in [1.54, 1.807) is 19.0 Å². The fourth-order valence-electron chi connectivity index (χ4n) is 3.10. The Hall–Kier alpha value is -1.78. The van der Waals surface area contributed by atoms with Gasteiger partial charge in [-0.3, -0.25) is 9.69 Å². The first kappa shape index (κ1) is 17.1. The molecule has 0 N–H and O–H groups in total. The number of hydrogen-bond acceptors (Lipinski definition) is 3. The maximum Gasteiger partial charge on any atom is 0.253 e. The molecule has 0 aromatic heterocycles. The van der Waals surface area contributed by atoms with E-state index < -0.39 is 0 Å². The molecule has 126 valence electrons. The van der Waals surface area contributed by atoms with Gasteiger partial charge in [-0.05, 0) is 23.3 Å². The van der Waals surface area contributed by atoms with Crippen molar-refractivity contribution in [2.75, 3.05) is 32.1 Å². The van der Waals surface area contributed by atoms with Gasteiger partial charge in [-0.2, -0.15) is 11.8 Å². The molecular formula is C20H24N2OS. The topological polar surface area (TPSA) is 23.6 Å². The van der Waals surface area contributed by atoms with Gasteiger partial charge in [0.1, 0.15) is 0 Å². The highest BCUT2D eigenvalue weighted by Gasteiger charge is 2.24. The predicted molar refractivity (Wildman–Crippen MR) is 101 cm³/mol. The summed E-state index contributed by atoms with van der Waals surface area (Å²) in [6.45, 7) is 1.96. The van der Waals surface area contributed by atoms with Crippen LogP contribution in [0.4, 0.5) is 0 Å². The minimum absolute atomic E-state index is 0.0608. The lowest BCUT2D eigenvalue weighted by Crippen LogP contribution is -2.35. The first-order valence-corrected chi connectivity index (χ1v) is 9.48. The summed E-state index contributed by atoms with van der Waals surface area (Å²) in [6.07, 6.45) is 0. The van der Waals surface area contributed by atoms with Gasteiger partial charge in [-0.15, -0.1) is 0 Å². The second-order valence-electron chi connectivity index (χ2n) is 6.37. The molecule has 2 aromatic carbocycles. The minimum atomic E-state index is 0.0608. The molecule has 3 rings (SSSR count). The molecule has 24 heavy (non-hydrogen) atoms. The molecule has 2 aromatic rings. The van der Waals surface area contributed by atoms with E-state index in [2.05, 4.69) is 41.3 Å². The second-order valence-corrected chi connectivity index (χ2v) is 7.52. The highest BCUT2D eigenvalue weighted by atomic mass is 32.2. The van der Waals surface area contributed by atoms with Crippen LogP contribution in [0, 0.1) is 0 Å². The van der Waals surface area contributed by atoms with Crippen molar-refractivity contribution in [3.8, 4) is 0 Å². The Bertz CT molecular complexity index is 687. The van der Waals surface area contributed by atoms with Crippen molar-refractivity contribution < 1.29 is 4.79 Å². The van der Waals surface area contributed by atoms with Crippen LogP contribution in [0.25, 0.3) is 0 Å². The van der Waals surface area contributed by atoms with Gasteiger partial charge in [0.25, 0.3) is 5.91 Å². The summed E-state index contributed by atoms with van der Waals surface area (Å²) in [4.78, 5) is 16.3. The number of hydrogen-bond donors (Lipinski definition) is 0. The van der Waals surface area contributed by atoms with E-state index in [1.165, 1.54) is 16.9 Å². The molecule has 0 saturated carbocycles. The molecular weight excluding hydrogens is 316 g/mol. The Morgan fingerprint density at radius 1 is 1.17 bits per heavy atom. The maximum absolute atomic E-state index is 12.2. The number of carbonyl (C=O) groups excluding carboxylic acids is 1. The highest BCUT2D eigenvalue weighted by molar-refractivity contribution is 7.99. The van der Waals surface area contributed by atoms with Crippen LogP contribution in [0.3, 0.4) is 0 Å². The van der Waals surface area contributed by atoms with Gasteiger partial charge in [-0.1, -0.05) is 42.5 Å². The molecule has 0 bridgehead atoms. The lowest BCUT2D eigenvalue weighted by atomic mass is 10.0. The van der Waals surface area contributed by atoms with E-state index in [4.69, 9.17) is 0 Å². The number of thioether (sulfide) groups is 1. The highest BCUT2D eigenvalue weighted by Crippen LogP contribution is 2.30. The van der Waals surface area contributed by atoms with Crippen LogP contribution in [0.15, 0.2) is 54.6 Å². The predicted octanol–water partition coefficient (Wildman–Crippen LogP) is 3.68. The number of rotatable bonds is 4. The number of carbonyl (C=O) groups is 1. The van der Waals surface area contributed by atoms with E-state index in [0.717, 1.165) is 24.4 Å². The Labute approximate surface area is 148 Å². The summed E-state index contributed by atoms with van der Waals surface area (Å²) in [5.41, 5.74) is 3.35. The molecule has 0 radical (unpaired) electrons. The number of amides is 1. The maximum atomic E-state index is 12.2. The summed E-state index contributed by atoms with van der Waals surface area (Å²) >= 11 is 2.02. The lowest BCUT2D eigenvalue weighted by Gasteiger charge is -2.35. The van der Waals surface area contributed by atoms with Crippen LogP contribution in [0.2, 0.25) is 0 Å². The molecule has 4 heteroatoms. The lowest BCUT2D eigenvalue weighted by molar-refractivity contribution is 0.0827. The number of benzene rings is 2. The fraction of sp³-hybridized carbons (Fsp3) is 0.350. The van der Waals surface area contributed by atoms with Crippen LogP contribution >= 0.6 is 11.8 Å². The monoisotopic (exact) mass is 340 g/mol. The van der Waals surface area contributed by atoms with Gasteiger partial charge in [-0.25, -0.2) is 0 Å². The zero-order valence-electron chi connectivity index (χ0n) is 14.3. The van der Waals surface area contributed by atoms with Crippen LogP contribution in [-0.4, -0.2) is 47.9 Å². The average molecular weight is 340 g/mol. The molecule has 1 heterocycles. The minimum Gasteiger partial charge on any atom is -0.345 e. The van der Waals surface area contributed by atoms with E-state index in [0.29, 0.717) is 6.04 Å². The summed E-state index contributed by atoms with van der Waals surface area (Å²) in [7, 11) is 3.59. The van der Waals surface area contributed by atoms with Crippen molar-refractivity contribution in [3.63, 3.8) is 0 Å². The largest absolute Gasteiger partial charge is 0.345 e. The SMILES string of the molecule is CN(C)C(=O)c1cccc(CN2CCSC[C@H]2c2ccccc2)c1. The van der Waals surface area contributed by atoms with Gasteiger partial charge < -0.3 is 4.90 Å². The molecule has 1 amide bonds. The average Bonchev–Trinajstić information content (AvgIpc) is 2.62. The Kier molecular flexibility index (Phi) is 5.59. The molecule has 1 fully saturated rings. The van der Waals surface area contributed by atoms with E-state index in [1.807, 2.05) is 30.0 Å². The summed E-state index contributed by atoms with van der Waals surface area (Å²) in [5, 5.41) is 0. The van der Waals surface area contributed by atoms with Crippen molar-refractivity contribution in [1.29, 1.82) is 0 Å². The summed E-state index contributed by atoms with van der Waals surface area (Å²) < 4.78 is 0. The van der Waals surface area contributed by atoms with Crippen molar-refractivity contribution in [2.45, 2.75) is 12.6 Å². The van der Waals surface area contributed by atoms with Gasteiger partial charge in [0.15, 0.2) is 0 Å². The van der Waals surface area contributed by atoms with Crippen LogP contribution in [0.5, 0.6) is 0 Å². The molecule has 0 unspecified atom stereocenters. The van der Waals surface area contributed by atoms with Crippen molar-refractivity contribution in [3.05, 3.63) is 71.3 Å². The molecule has 1 saturated heterocycles. The van der Waals surface area contributed by atoms with Crippen LogP contribution in [-0.2, 0) is 6.54 Å². The third-order valence-corrected chi connectivity index (χ3v) is 5.41. The molecule has 0 spiro atoms. The van der Waals surface area contributed by atoms with Crippen molar-refractivity contribution in [1.82, 2.24) is 9.80 Å². The summed E-state index contributed by atoms with van der Waals surface area (Å²) in [5.74, 6) is 2.35. The molecule has 3 nitrogen and oxygen atoms in total. The standard InChI is InChI=1S/C20H24N2OS/c1-21(2)20(23)18-10-6-7-16(13-18)14-22-11-12-24-15-19(22)17-8-4-3-5-9-17/h3-10,13,19H,11-12,14-15H2,1-2H3/t19-/m0/s1. The first-order valence-electron chi connectivity index (χ1n) is 8.32. The fourth-order valence-corrected chi connectivity index (χ4v) is 4.26.